The summed E-state index contributed by atoms with van der Waals surface area (Å²) in [6.45, 7) is 9.11. The number of halogens is 1. The number of carbonyl (C=O) groups is 1. The van der Waals surface area contributed by atoms with Crippen molar-refractivity contribution >= 4 is 24.3 Å². The fraction of sp³-hybridized carbons (Fsp3) is 0.667. The molecule has 1 aliphatic rings. The predicted molar refractivity (Wildman–Crippen MR) is 92.1 cm³/mol. The lowest BCUT2D eigenvalue weighted by atomic mass is 10.0. The van der Waals surface area contributed by atoms with Crippen LogP contribution in [0.5, 0.6) is 5.88 Å². The minimum atomic E-state index is -0.427. The van der Waals surface area contributed by atoms with E-state index in [2.05, 4.69) is 14.9 Å². The monoisotopic (exact) mass is 343 g/mol. The van der Waals surface area contributed by atoms with Gasteiger partial charge in [-0.15, -0.1) is 12.4 Å². The van der Waals surface area contributed by atoms with Crippen LogP contribution in [0.25, 0.3) is 0 Å². The zero-order valence-electron chi connectivity index (χ0n) is 13.9. The van der Waals surface area contributed by atoms with Crippen molar-refractivity contribution in [3.63, 3.8) is 0 Å². The van der Waals surface area contributed by atoms with Gasteiger partial charge >= 0.3 is 0 Å². The Balaban J connectivity index is 0.00000264. The molecule has 7 nitrogen and oxygen atoms in total. The van der Waals surface area contributed by atoms with Gasteiger partial charge in [-0.25, -0.2) is 4.98 Å². The molecule has 0 spiro atoms. The standard InChI is InChI=1S/C15H25N5O2.ClH/c1-4-22-12-5-6-17-15(18-12)20-9-7-19(8-10-20)14(21)13(16)11(2)3;/h5-6,11,13H,4,7-10,16H2,1-3H3;1H/t13-;/m0./s1. The summed E-state index contributed by atoms with van der Waals surface area (Å²) in [6, 6.07) is 1.32. The van der Waals surface area contributed by atoms with Gasteiger partial charge in [0.25, 0.3) is 0 Å². The van der Waals surface area contributed by atoms with Gasteiger partial charge in [-0.1, -0.05) is 13.8 Å². The summed E-state index contributed by atoms with van der Waals surface area (Å²) >= 11 is 0. The lowest BCUT2D eigenvalue weighted by molar-refractivity contribution is -0.133. The molecule has 1 fully saturated rings. The van der Waals surface area contributed by atoms with E-state index in [0.717, 1.165) is 0 Å². The highest BCUT2D eigenvalue weighted by Crippen LogP contribution is 2.15. The van der Waals surface area contributed by atoms with Gasteiger partial charge < -0.3 is 20.3 Å². The second kappa shape index (κ2) is 8.88. The van der Waals surface area contributed by atoms with Crippen molar-refractivity contribution in [3.05, 3.63) is 12.3 Å². The van der Waals surface area contributed by atoms with Gasteiger partial charge in [0.15, 0.2) is 0 Å². The maximum Gasteiger partial charge on any atom is 0.239 e. The van der Waals surface area contributed by atoms with E-state index >= 15 is 0 Å². The summed E-state index contributed by atoms with van der Waals surface area (Å²) < 4.78 is 5.40. The average molecular weight is 344 g/mol. The molecule has 1 saturated heterocycles. The Bertz CT molecular complexity index is 506. The van der Waals surface area contributed by atoms with Crippen LogP contribution in [0.3, 0.4) is 0 Å². The molecule has 1 amide bonds. The first-order valence-corrected chi connectivity index (χ1v) is 7.78. The van der Waals surface area contributed by atoms with Crippen LogP contribution in [0.1, 0.15) is 20.8 Å². The molecule has 0 radical (unpaired) electrons. The summed E-state index contributed by atoms with van der Waals surface area (Å²) in [5, 5.41) is 0. The smallest absolute Gasteiger partial charge is 0.239 e. The molecule has 0 saturated carbocycles. The first-order valence-electron chi connectivity index (χ1n) is 7.78. The summed E-state index contributed by atoms with van der Waals surface area (Å²) in [4.78, 5) is 24.8. The van der Waals surface area contributed by atoms with Gasteiger partial charge in [0, 0.05) is 38.4 Å². The topological polar surface area (TPSA) is 84.6 Å². The van der Waals surface area contributed by atoms with Crippen LogP contribution < -0.4 is 15.4 Å². The zero-order valence-corrected chi connectivity index (χ0v) is 14.8. The molecule has 2 rings (SSSR count). The molecular weight excluding hydrogens is 318 g/mol. The Morgan fingerprint density at radius 3 is 2.57 bits per heavy atom. The predicted octanol–water partition coefficient (Wildman–Crippen LogP) is 0.929. The van der Waals surface area contributed by atoms with Crippen molar-refractivity contribution in [2.75, 3.05) is 37.7 Å². The zero-order chi connectivity index (χ0) is 16.1. The third-order valence-corrected chi connectivity index (χ3v) is 3.79. The molecule has 2 heterocycles. The quantitative estimate of drug-likeness (QED) is 0.856. The van der Waals surface area contributed by atoms with E-state index in [-0.39, 0.29) is 24.2 Å². The molecule has 1 aromatic rings. The second-order valence-electron chi connectivity index (χ2n) is 5.71. The number of ether oxygens (including phenoxy) is 1. The van der Waals surface area contributed by atoms with Gasteiger partial charge in [0.05, 0.1) is 12.6 Å². The number of anilines is 1. The molecule has 8 heteroatoms. The minimum absolute atomic E-state index is 0. The van der Waals surface area contributed by atoms with Crippen molar-refractivity contribution in [1.82, 2.24) is 14.9 Å². The number of nitrogens with two attached hydrogens (primary N) is 1. The van der Waals surface area contributed by atoms with Gasteiger partial charge in [-0.3, -0.25) is 4.79 Å². The molecule has 2 N–H and O–H groups in total. The highest BCUT2D eigenvalue weighted by atomic mass is 35.5. The maximum atomic E-state index is 12.3. The number of rotatable bonds is 5. The molecule has 130 valence electrons. The van der Waals surface area contributed by atoms with E-state index in [4.69, 9.17) is 10.5 Å². The normalized spacial score (nSPS) is 16.0. The van der Waals surface area contributed by atoms with Crippen molar-refractivity contribution in [2.24, 2.45) is 11.7 Å². The van der Waals surface area contributed by atoms with Gasteiger partial charge in [-0.2, -0.15) is 4.98 Å². The van der Waals surface area contributed by atoms with Crippen LogP contribution in [0.4, 0.5) is 5.95 Å². The van der Waals surface area contributed by atoms with E-state index in [1.807, 2.05) is 25.7 Å². The number of hydrogen-bond donors (Lipinski definition) is 1. The number of nitrogens with zero attached hydrogens (tertiary/aromatic N) is 4. The fourth-order valence-corrected chi connectivity index (χ4v) is 2.34. The largest absolute Gasteiger partial charge is 0.478 e. The summed E-state index contributed by atoms with van der Waals surface area (Å²) in [6.07, 6.45) is 1.69. The Morgan fingerprint density at radius 2 is 2.00 bits per heavy atom. The summed E-state index contributed by atoms with van der Waals surface area (Å²) in [7, 11) is 0. The molecule has 0 unspecified atom stereocenters. The first-order chi connectivity index (χ1) is 10.5. The SMILES string of the molecule is CCOc1ccnc(N2CCN(C(=O)[C@@H](N)C(C)C)CC2)n1.Cl. The number of aromatic nitrogens is 2. The van der Waals surface area contributed by atoms with Gasteiger partial charge in [0.2, 0.25) is 17.7 Å². The lowest BCUT2D eigenvalue weighted by Gasteiger charge is -2.36. The second-order valence-corrected chi connectivity index (χ2v) is 5.71. The van der Waals surface area contributed by atoms with E-state index in [0.29, 0.717) is 44.6 Å². The molecule has 1 aromatic heterocycles. The number of hydrogen-bond acceptors (Lipinski definition) is 6. The third-order valence-electron chi connectivity index (χ3n) is 3.79. The Hall–Kier alpha value is -1.60. The van der Waals surface area contributed by atoms with E-state index < -0.39 is 6.04 Å². The van der Waals surface area contributed by atoms with Crippen LogP contribution in [-0.4, -0.2) is 59.6 Å². The molecule has 1 aliphatic heterocycles. The lowest BCUT2D eigenvalue weighted by Crippen LogP contribution is -2.54. The number of amides is 1. The van der Waals surface area contributed by atoms with Crippen LogP contribution >= 0.6 is 12.4 Å². The first kappa shape index (κ1) is 19.4. The van der Waals surface area contributed by atoms with Crippen molar-refractivity contribution in [1.29, 1.82) is 0 Å². The van der Waals surface area contributed by atoms with Crippen LogP contribution in [0.2, 0.25) is 0 Å². The average Bonchev–Trinajstić information content (AvgIpc) is 2.54. The van der Waals surface area contributed by atoms with E-state index in [1.165, 1.54) is 0 Å². The van der Waals surface area contributed by atoms with Crippen molar-refractivity contribution in [2.45, 2.75) is 26.8 Å². The van der Waals surface area contributed by atoms with Crippen molar-refractivity contribution < 1.29 is 9.53 Å². The van der Waals surface area contributed by atoms with Crippen molar-refractivity contribution in [3.8, 4) is 5.88 Å². The van der Waals surface area contributed by atoms with Crippen LogP contribution in [0.15, 0.2) is 12.3 Å². The molecule has 0 bridgehead atoms. The highest BCUT2D eigenvalue weighted by Gasteiger charge is 2.27. The molecule has 0 aliphatic carbocycles. The Kier molecular flexibility index (Phi) is 7.51. The number of carbonyl (C=O) groups excluding carboxylic acids is 1. The minimum Gasteiger partial charge on any atom is -0.478 e. The summed E-state index contributed by atoms with van der Waals surface area (Å²) in [5.41, 5.74) is 5.94. The maximum absolute atomic E-state index is 12.3. The molecule has 0 aromatic carbocycles. The fourth-order valence-electron chi connectivity index (χ4n) is 2.34. The highest BCUT2D eigenvalue weighted by molar-refractivity contribution is 5.85. The van der Waals surface area contributed by atoms with Crippen LogP contribution in [-0.2, 0) is 4.79 Å². The summed E-state index contributed by atoms with van der Waals surface area (Å²) in [5.74, 6) is 1.40. The van der Waals surface area contributed by atoms with Crippen LogP contribution in [0, 0.1) is 5.92 Å². The van der Waals surface area contributed by atoms with Gasteiger partial charge in [0.1, 0.15) is 0 Å². The molecule has 1 atom stereocenters. The van der Waals surface area contributed by atoms with E-state index in [1.54, 1.807) is 12.3 Å². The molecular formula is C15H26ClN5O2. The van der Waals surface area contributed by atoms with Gasteiger partial charge in [-0.05, 0) is 12.8 Å². The third kappa shape index (κ3) is 4.94. The Labute approximate surface area is 143 Å². The van der Waals surface area contributed by atoms with E-state index in [9.17, 15) is 4.79 Å². The number of piperazine rings is 1. The Morgan fingerprint density at radius 1 is 1.35 bits per heavy atom. The molecule has 23 heavy (non-hydrogen) atoms.